The standard InChI is InChI=1S/C48H63N9O5S/c1-50-47(60)44(10-5-27-58)56-32-38-28-41(12-13-43(38)48(56)61)54-23-15-34(16-24-54)31-53-21-17-35(18-22-53)36-6-4-9-42(29-36)63(62)55-25-19-39(20-26-55)51-30-37-11-14-45(59)57(46(37)52-33-49)40-7-2-3-8-40/h4,6,9,11-14,27-30,33-35,39-40,44H,2-3,5,7-8,10,15-26,31-32H2,1H3,(H2,49,52)(H,50,60)/b51-30-. The number of piperidine rings is 3. The van der Waals surface area contributed by atoms with Crippen LogP contribution < -0.4 is 21.5 Å². The number of rotatable bonds is 15. The third-order valence-corrected chi connectivity index (χ3v) is 15.6. The fourth-order valence-electron chi connectivity index (χ4n) is 10.5. The molecule has 3 aromatic rings. The molecule has 2 aromatic carbocycles. The maximum absolute atomic E-state index is 13.9. The van der Waals surface area contributed by atoms with Gasteiger partial charge in [0.25, 0.3) is 11.5 Å². The van der Waals surface area contributed by atoms with E-state index in [1.165, 1.54) is 11.9 Å². The van der Waals surface area contributed by atoms with Crippen molar-refractivity contribution in [2.24, 2.45) is 21.6 Å². The lowest BCUT2D eigenvalue weighted by molar-refractivity contribution is -0.125. The number of nitrogens with two attached hydrogens (primary N) is 1. The second-order valence-electron chi connectivity index (χ2n) is 18.0. The van der Waals surface area contributed by atoms with Crippen LogP contribution in [0.15, 0.2) is 74.3 Å². The molecular formula is C48H63N9O5S. The van der Waals surface area contributed by atoms with E-state index in [0.29, 0.717) is 49.3 Å². The minimum atomic E-state index is -1.24. The molecule has 0 bridgehead atoms. The highest BCUT2D eigenvalue weighted by Gasteiger charge is 2.37. The molecular weight excluding hydrogens is 815 g/mol. The fourth-order valence-corrected chi connectivity index (χ4v) is 11.8. The third-order valence-electron chi connectivity index (χ3n) is 14.1. The van der Waals surface area contributed by atoms with E-state index in [4.69, 9.17) is 10.7 Å². The van der Waals surface area contributed by atoms with Crippen LogP contribution in [0.25, 0.3) is 0 Å². The summed E-state index contributed by atoms with van der Waals surface area (Å²) in [6.45, 7) is 6.94. The lowest BCUT2D eigenvalue weighted by atomic mass is 9.88. The summed E-state index contributed by atoms with van der Waals surface area (Å²) in [4.78, 5) is 66.6. The van der Waals surface area contributed by atoms with Gasteiger partial charge in [-0.15, -0.1) is 4.31 Å². The number of pyridine rings is 1. The van der Waals surface area contributed by atoms with Crippen molar-refractivity contribution < 1.29 is 18.9 Å². The number of aldehydes is 1. The van der Waals surface area contributed by atoms with Gasteiger partial charge < -0.3 is 35.1 Å². The summed E-state index contributed by atoms with van der Waals surface area (Å²) >= 11 is -1.24. The predicted molar refractivity (Wildman–Crippen MR) is 248 cm³/mol. The number of hydrogen-bond acceptors (Lipinski definition) is 10. The number of carbonyl (C=O) groups is 3. The van der Waals surface area contributed by atoms with Crippen molar-refractivity contribution in [2.75, 3.05) is 57.8 Å². The van der Waals surface area contributed by atoms with E-state index in [9.17, 15) is 23.7 Å². The minimum absolute atomic E-state index is 0.0530. The number of likely N-dealkylation sites (tertiary alicyclic amines) is 1. The second-order valence-corrected chi connectivity index (χ2v) is 19.4. The summed E-state index contributed by atoms with van der Waals surface area (Å²) in [5, 5.41) is 2.65. The maximum atomic E-state index is 13.9. The summed E-state index contributed by atoms with van der Waals surface area (Å²) in [7, 11) is 1.56. The predicted octanol–water partition coefficient (Wildman–Crippen LogP) is 5.33. The molecule has 15 heteroatoms. The lowest BCUT2D eigenvalue weighted by Gasteiger charge is -2.38. The monoisotopic (exact) mass is 877 g/mol. The Labute approximate surface area is 374 Å². The highest BCUT2D eigenvalue weighted by molar-refractivity contribution is 7.89. The molecule has 1 aromatic heterocycles. The molecule has 8 rings (SSSR count). The zero-order chi connectivity index (χ0) is 43.9. The van der Waals surface area contributed by atoms with E-state index in [0.717, 1.165) is 125 Å². The van der Waals surface area contributed by atoms with Gasteiger partial charge in [0.2, 0.25) is 5.91 Å². The van der Waals surface area contributed by atoms with Gasteiger partial charge in [-0.1, -0.05) is 25.0 Å². The lowest BCUT2D eigenvalue weighted by Crippen LogP contribution is -2.46. The van der Waals surface area contributed by atoms with Gasteiger partial charge >= 0.3 is 0 Å². The Hall–Kier alpha value is -4.83. The first kappa shape index (κ1) is 44.8. The zero-order valence-electron chi connectivity index (χ0n) is 36.6. The topological polar surface area (TPSA) is 172 Å². The third kappa shape index (κ3) is 10.3. The zero-order valence-corrected chi connectivity index (χ0v) is 37.4. The van der Waals surface area contributed by atoms with Crippen molar-refractivity contribution in [3.05, 3.63) is 87.2 Å². The molecule has 3 saturated heterocycles. The number of hydrogen-bond donors (Lipinski definition) is 2. The van der Waals surface area contributed by atoms with E-state index >= 15 is 0 Å². The molecule has 0 radical (unpaired) electrons. The smallest absolute Gasteiger partial charge is 0.255 e. The first-order chi connectivity index (χ1) is 30.7. The fraction of sp³-hybridized carbons (Fsp3) is 0.542. The summed E-state index contributed by atoms with van der Waals surface area (Å²) < 4.78 is 17.7. The normalized spacial score (nSPS) is 21.1. The van der Waals surface area contributed by atoms with Gasteiger partial charge in [0.05, 0.1) is 23.7 Å². The van der Waals surface area contributed by atoms with Crippen molar-refractivity contribution in [2.45, 2.75) is 113 Å². The van der Waals surface area contributed by atoms with Crippen LogP contribution in [0.2, 0.25) is 0 Å². The number of aliphatic imine (C=N–C) groups is 2. The summed E-state index contributed by atoms with van der Waals surface area (Å²) in [6.07, 6.45) is 14.6. The van der Waals surface area contributed by atoms with Crippen LogP contribution in [0.4, 0.5) is 11.5 Å². The number of amides is 2. The van der Waals surface area contributed by atoms with E-state index in [-0.39, 0.29) is 35.9 Å². The van der Waals surface area contributed by atoms with Crippen LogP contribution in [0.3, 0.4) is 0 Å². The number of carbonyl (C=O) groups excluding carboxylic acids is 3. The molecule has 0 spiro atoms. The van der Waals surface area contributed by atoms with Crippen molar-refractivity contribution in [3.63, 3.8) is 0 Å². The highest BCUT2D eigenvalue weighted by Crippen LogP contribution is 2.35. The number of nitrogens with zero attached hydrogens (tertiary/aromatic N) is 7. The number of anilines is 1. The maximum Gasteiger partial charge on any atom is 0.255 e. The molecule has 2 amide bonds. The molecule has 4 fully saturated rings. The Morgan fingerprint density at radius 1 is 0.937 bits per heavy atom. The summed E-state index contributed by atoms with van der Waals surface area (Å²) in [5.41, 5.74) is 10.4. The quantitative estimate of drug-likeness (QED) is 0.0886. The van der Waals surface area contributed by atoms with Crippen molar-refractivity contribution in [1.82, 2.24) is 24.0 Å². The van der Waals surface area contributed by atoms with Crippen LogP contribution in [-0.2, 0) is 27.5 Å². The molecule has 336 valence electrons. The SMILES string of the molecule is CNC(=O)C(CCC=O)N1Cc2cc(N3CCC(CN4CCC(c5cccc([S+]([O-])N6CCC(/N=C\c7ccc(=O)n(C8CCCC8)c7/N=C/N)CC6)c5)CC4)CC3)ccc2C1=O. The van der Waals surface area contributed by atoms with Gasteiger partial charge in [0.15, 0.2) is 4.90 Å². The van der Waals surface area contributed by atoms with E-state index in [2.05, 4.69) is 48.7 Å². The van der Waals surface area contributed by atoms with Gasteiger partial charge in [-0.25, -0.2) is 4.99 Å². The van der Waals surface area contributed by atoms with Crippen LogP contribution in [-0.4, -0.2) is 119 Å². The van der Waals surface area contributed by atoms with Gasteiger partial charge in [0, 0.05) is 87.9 Å². The Bertz CT molecular complexity index is 2200. The molecule has 5 heterocycles. The van der Waals surface area contributed by atoms with Gasteiger partial charge in [-0.05, 0) is 130 Å². The first-order valence-corrected chi connectivity index (χ1v) is 24.2. The number of fused-ring (bicyclic) bond motifs is 1. The van der Waals surface area contributed by atoms with Crippen LogP contribution >= 0.6 is 0 Å². The van der Waals surface area contributed by atoms with E-state index < -0.39 is 17.4 Å². The van der Waals surface area contributed by atoms with Gasteiger partial charge in [-0.3, -0.25) is 23.9 Å². The number of aromatic nitrogens is 1. The molecule has 1 saturated carbocycles. The van der Waals surface area contributed by atoms with Crippen molar-refractivity contribution in [3.8, 4) is 0 Å². The molecule has 4 aliphatic heterocycles. The average molecular weight is 878 g/mol. The molecule has 5 aliphatic rings. The number of benzene rings is 2. The van der Waals surface area contributed by atoms with Crippen molar-refractivity contribution >= 4 is 53.5 Å². The van der Waals surface area contributed by atoms with E-state index in [1.54, 1.807) is 28.6 Å². The first-order valence-electron chi connectivity index (χ1n) is 23.1. The molecule has 3 N–H and O–H groups in total. The Morgan fingerprint density at radius 2 is 1.70 bits per heavy atom. The largest absolute Gasteiger partial charge is 0.593 e. The van der Waals surface area contributed by atoms with Gasteiger partial charge in [-0.2, -0.15) is 0 Å². The van der Waals surface area contributed by atoms with Crippen molar-refractivity contribution in [1.29, 1.82) is 0 Å². The molecule has 1 aliphatic carbocycles. The van der Waals surface area contributed by atoms with Gasteiger partial charge in [0.1, 0.15) is 18.1 Å². The summed E-state index contributed by atoms with van der Waals surface area (Å²) in [5.74, 6) is 1.27. The Morgan fingerprint density at radius 3 is 2.41 bits per heavy atom. The van der Waals surface area contributed by atoms with Crippen LogP contribution in [0, 0.1) is 5.92 Å². The Balaban J connectivity index is 0.785. The molecule has 2 unspecified atom stereocenters. The average Bonchev–Trinajstić information content (AvgIpc) is 3.97. The Kier molecular flexibility index (Phi) is 14.8. The molecule has 63 heavy (non-hydrogen) atoms. The molecule has 14 nitrogen and oxygen atoms in total. The molecule has 2 atom stereocenters. The van der Waals surface area contributed by atoms with Crippen LogP contribution in [0.1, 0.15) is 116 Å². The second kappa shape index (κ2) is 20.8. The number of likely N-dealkylation sites (N-methyl/N-ethyl adjacent to an activating group) is 1. The summed E-state index contributed by atoms with van der Waals surface area (Å²) in [6, 6.07) is 17.5. The van der Waals surface area contributed by atoms with Crippen LogP contribution in [0.5, 0.6) is 0 Å². The minimum Gasteiger partial charge on any atom is -0.593 e. The highest BCUT2D eigenvalue weighted by atomic mass is 32.2. The number of nitrogens with one attached hydrogen (secondary N) is 1. The van der Waals surface area contributed by atoms with E-state index in [1.807, 2.05) is 24.4 Å².